The van der Waals surface area contributed by atoms with Gasteiger partial charge in [-0.15, -0.1) is 0 Å². The van der Waals surface area contributed by atoms with E-state index in [4.69, 9.17) is 9.47 Å². The van der Waals surface area contributed by atoms with E-state index in [1.807, 2.05) is 4.90 Å². The van der Waals surface area contributed by atoms with Gasteiger partial charge in [0.1, 0.15) is 5.75 Å². The average molecular weight is 390 g/mol. The molecular weight excluding hydrogens is 360 g/mol. The zero-order chi connectivity index (χ0) is 20.1. The number of carbonyl (C=O) groups is 2. The molecule has 0 unspecified atom stereocenters. The van der Waals surface area contributed by atoms with Gasteiger partial charge >= 0.3 is 6.03 Å². The summed E-state index contributed by atoms with van der Waals surface area (Å²) in [4.78, 5) is 30.8. The number of benzene rings is 1. The molecular formula is C20H30N4O4. The Morgan fingerprint density at radius 3 is 2.68 bits per heavy atom. The van der Waals surface area contributed by atoms with E-state index in [0.29, 0.717) is 17.0 Å². The Morgan fingerprint density at radius 1 is 1.25 bits per heavy atom. The Bertz CT molecular complexity index is 703. The minimum atomic E-state index is -0.124. The van der Waals surface area contributed by atoms with Gasteiger partial charge in [-0.3, -0.25) is 9.69 Å². The normalized spacial score (nSPS) is 20.1. The van der Waals surface area contributed by atoms with Crippen LogP contribution in [0.4, 0.5) is 10.5 Å². The summed E-state index contributed by atoms with van der Waals surface area (Å²) >= 11 is 0. The smallest absolute Gasteiger partial charge is 0.322 e. The first kappa shape index (κ1) is 20.4. The fourth-order valence-corrected chi connectivity index (χ4v) is 3.75. The number of morpholine rings is 1. The van der Waals surface area contributed by atoms with Gasteiger partial charge in [-0.05, 0) is 31.0 Å². The van der Waals surface area contributed by atoms with Crippen LogP contribution in [0.15, 0.2) is 18.2 Å². The summed E-state index contributed by atoms with van der Waals surface area (Å²) in [5.41, 5.74) is 1.09. The van der Waals surface area contributed by atoms with Crippen LogP contribution in [-0.2, 0) is 4.74 Å². The highest BCUT2D eigenvalue weighted by atomic mass is 16.5. The molecule has 2 saturated heterocycles. The third kappa shape index (κ3) is 4.74. The van der Waals surface area contributed by atoms with Crippen LogP contribution >= 0.6 is 0 Å². The molecule has 1 aromatic carbocycles. The lowest BCUT2D eigenvalue weighted by molar-refractivity contribution is 0.0296. The molecule has 2 heterocycles. The second-order valence-corrected chi connectivity index (χ2v) is 7.45. The fourth-order valence-electron chi connectivity index (χ4n) is 3.75. The number of amides is 3. The SMILES string of the molecule is COc1cc(C(=O)N(C)C)ccc1NC(=O)N1CCC[C@@H]1CN1CCOCC1. The molecule has 1 N–H and O–H groups in total. The second kappa shape index (κ2) is 9.25. The molecule has 1 aromatic rings. The minimum Gasteiger partial charge on any atom is -0.495 e. The van der Waals surface area contributed by atoms with Crippen LogP contribution in [0.5, 0.6) is 5.75 Å². The van der Waals surface area contributed by atoms with Gasteiger partial charge in [-0.25, -0.2) is 4.79 Å². The largest absolute Gasteiger partial charge is 0.495 e. The molecule has 0 saturated carbocycles. The van der Waals surface area contributed by atoms with Crippen molar-refractivity contribution >= 4 is 17.6 Å². The van der Waals surface area contributed by atoms with Crippen molar-refractivity contribution in [3.8, 4) is 5.75 Å². The highest BCUT2D eigenvalue weighted by molar-refractivity contribution is 5.97. The number of methoxy groups -OCH3 is 1. The Kier molecular flexibility index (Phi) is 6.74. The summed E-state index contributed by atoms with van der Waals surface area (Å²) in [6.07, 6.45) is 2.02. The molecule has 3 amide bonds. The molecule has 8 nitrogen and oxygen atoms in total. The fraction of sp³-hybridized carbons (Fsp3) is 0.600. The molecule has 0 aliphatic carbocycles. The number of nitrogens with one attached hydrogen (secondary N) is 1. The number of ether oxygens (including phenoxy) is 2. The monoisotopic (exact) mass is 390 g/mol. The quantitative estimate of drug-likeness (QED) is 0.829. The Morgan fingerprint density at radius 2 is 2.00 bits per heavy atom. The zero-order valence-electron chi connectivity index (χ0n) is 16.9. The molecule has 28 heavy (non-hydrogen) atoms. The number of urea groups is 1. The van der Waals surface area contributed by atoms with Crippen molar-refractivity contribution in [1.82, 2.24) is 14.7 Å². The lowest BCUT2D eigenvalue weighted by Gasteiger charge is -2.33. The Labute approximate surface area is 166 Å². The maximum absolute atomic E-state index is 12.9. The molecule has 154 valence electrons. The summed E-state index contributed by atoms with van der Waals surface area (Å²) < 4.78 is 10.8. The second-order valence-electron chi connectivity index (χ2n) is 7.45. The molecule has 2 aliphatic rings. The molecule has 0 bridgehead atoms. The Balaban J connectivity index is 1.66. The number of likely N-dealkylation sites (tertiary alicyclic amines) is 1. The summed E-state index contributed by atoms with van der Waals surface area (Å²) in [6, 6.07) is 5.17. The van der Waals surface area contributed by atoms with E-state index in [1.165, 1.54) is 12.0 Å². The highest BCUT2D eigenvalue weighted by Gasteiger charge is 2.31. The number of rotatable bonds is 5. The van der Waals surface area contributed by atoms with Crippen LogP contribution < -0.4 is 10.1 Å². The van der Waals surface area contributed by atoms with E-state index >= 15 is 0 Å². The van der Waals surface area contributed by atoms with Crippen LogP contribution in [0, 0.1) is 0 Å². The third-order valence-electron chi connectivity index (χ3n) is 5.31. The van der Waals surface area contributed by atoms with Crippen molar-refractivity contribution < 1.29 is 19.1 Å². The van der Waals surface area contributed by atoms with Crippen LogP contribution in [0.1, 0.15) is 23.2 Å². The minimum absolute atomic E-state index is 0.110. The number of hydrogen-bond donors (Lipinski definition) is 1. The summed E-state index contributed by atoms with van der Waals surface area (Å²) in [5.74, 6) is 0.367. The van der Waals surface area contributed by atoms with Gasteiger partial charge in [0.05, 0.1) is 26.0 Å². The van der Waals surface area contributed by atoms with Crippen LogP contribution in [0.2, 0.25) is 0 Å². The number of nitrogens with zero attached hydrogens (tertiary/aromatic N) is 3. The van der Waals surface area contributed by atoms with Gasteiger partial charge in [0, 0.05) is 51.9 Å². The van der Waals surface area contributed by atoms with Gasteiger partial charge in [-0.1, -0.05) is 0 Å². The van der Waals surface area contributed by atoms with Crippen molar-refractivity contribution in [1.29, 1.82) is 0 Å². The van der Waals surface area contributed by atoms with E-state index in [-0.39, 0.29) is 18.0 Å². The number of hydrogen-bond acceptors (Lipinski definition) is 5. The first-order valence-electron chi connectivity index (χ1n) is 9.77. The maximum atomic E-state index is 12.9. The van der Waals surface area contributed by atoms with Gasteiger partial charge in [-0.2, -0.15) is 0 Å². The standard InChI is InChI=1S/C20H30N4O4/c1-22(2)19(25)15-6-7-17(18(13-15)27-3)21-20(26)24-8-4-5-16(24)14-23-9-11-28-12-10-23/h6-7,13,16H,4-5,8-12,14H2,1-3H3,(H,21,26)/t16-/m1/s1. The van der Waals surface area contributed by atoms with Gasteiger partial charge in [0.25, 0.3) is 5.91 Å². The van der Waals surface area contributed by atoms with E-state index in [0.717, 1.165) is 52.2 Å². The molecule has 1 atom stereocenters. The van der Waals surface area contributed by atoms with Crippen molar-refractivity contribution in [2.45, 2.75) is 18.9 Å². The lowest BCUT2D eigenvalue weighted by Crippen LogP contribution is -2.47. The first-order chi connectivity index (χ1) is 13.5. The molecule has 0 spiro atoms. The zero-order valence-corrected chi connectivity index (χ0v) is 16.9. The predicted molar refractivity (Wildman–Crippen MR) is 107 cm³/mol. The predicted octanol–water partition coefficient (Wildman–Crippen LogP) is 1.73. The van der Waals surface area contributed by atoms with Gasteiger partial charge < -0.3 is 24.6 Å². The lowest BCUT2D eigenvalue weighted by atomic mass is 10.1. The van der Waals surface area contributed by atoms with Crippen LogP contribution in [0.3, 0.4) is 0 Å². The van der Waals surface area contributed by atoms with Crippen LogP contribution in [0.25, 0.3) is 0 Å². The molecule has 0 radical (unpaired) electrons. The average Bonchev–Trinajstić information content (AvgIpc) is 3.16. The van der Waals surface area contributed by atoms with Gasteiger partial charge in [0.15, 0.2) is 0 Å². The summed E-state index contributed by atoms with van der Waals surface area (Å²) in [7, 11) is 4.94. The molecule has 2 aliphatic heterocycles. The van der Waals surface area contributed by atoms with Crippen molar-refractivity contribution in [2.24, 2.45) is 0 Å². The Hall–Kier alpha value is -2.32. The maximum Gasteiger partial charge on any atom is 0.322 e. The van der Waals surface area contributed by atoms with Crippen LogP contribution in [-0.4, -0.2) is 93.3 Å². The third-order valence-corrected chi connectivity index (χ3v) is 5.31. The molecule has 2 fully saturated rings. The van der Waals surface area contributed by atoms with E-state index in [2.05, 4.69) is 10.2 Å². The molecule has 8 heteroatoms. The van der Waals surface area contributed by atoms with Crippen molar-refractivity contribution in [3.63, 3.8) is 0 Å². The highest BCUT2D eigenvalue weighted by Crippen LogP contribution is 2.28. The topological polar surface area (TPSA) is 74.4 Å². The first-order valence-corrected chi connectivity index (χ1v) is 9.77. The number of anilines is 1. The number of carbonyl (C=O) groups excluding carboxylic acids is 2. The summed E-state index contributed by atoms with van der Waals surface area (Å²) in [6.45, 7) is 4.98. The van der Waals surface area contributed by atoms with E-state index in [9.17, 15) is 9.59 Å². The van der Waals surface area contributed by atoms with E-state index < -0.39 is 0 Å². The van der Waals surface area contributed by atoms with Gasteiger partial charge in [0.2, 0.25) is 0 Å². The molecule has 3 rings (SSSR count). The van der Waals surface area contributed by atoms with E-state index in [1.54, 1.807) is 32.3 Å². The van der Waals surface area contributed by atoms with Crippen molar-refractivity contribution in [3.05, 3.63) is 23.8 Å². The molecule has 0 aromatic heterocycles. The summed E-state index contributed by atoms with van der Waals surface area (Å²) in [5, 5.41) is 2.96. The van der Waals surface area contributed by atoms with Crippen molar-refractivity contribution in [2.75, 3.05) is 65.9 Å².